The molecule has 7 nitrogen and oxygen atoms in total. The summed E-state index contributed by atoms with van der Waals surface area (Å²) in [7, 11) is 0. The summed E-state index contributed by atoms with van der Waals surface area (Å²) in [5.41, 5.74) is 5.20. The lowest BCUT2D eigenvalue weighted by atomic mass is 10.1. The Balaban J connectivity index is 1.59. The van der Waals surface area contributed by atoms with E-state index in [2.05, 4.69) is 47.2 Å². The van der Waals surface area contributed by atoms with Crippen LogP contribution < -0.4 is 0 Å². The van der Waals surface area contributed by atoms with Crippen LogP contribution in [-0.4, -0.2) is 56.9 Å². The van der Waals surface area contributed by atoms with Crippen LogP contribution in [0.25, 0.3) is 17.1 Å². The van der Waals surface area contributed by atoms with Gasteiger partial charge in [0.15, 0.2) is 11.0 Å². The van der Waals surface area contributed by atoms with E-state index in [9.17, 15) is 4.79 Å². The number of carbonyl (C=O) groups is 1. The molecule has 1 aliphatic rings. The van der Waals surface area contributed by atoms with Crippen LogP contribution in [0.3, 0.4) is 0 Å². The number of hydrogen-bond acceptors (Lipinski definition) is 6. The lowest BCUT2D eigenvalue weighted by molar-refractivity contribution is -0.134. The fourth-order valence-corrected chi connectivity index (χ4v) is 5.21. The first-order chi connectivity index (χ1) is 17.1. The Bertz CT molecular complexity index is 1300. The average Bonchev–Trinajstić information content (AvgIpc) is 3.33. The monoisotopic (exact) mass is 485 g/mol. The molecule has 8 heteroatoms. The van der Waals surface area contributed by atoms with E-state index in [1.165, 1.54) is 22.9 Å². The van der Waals surface area contributed by atoms with Crippen molar-refractivity contribution in [1.82, 2.24) is 24.6 Å². The second-order valence-electron chi connectivity index (χ2n) is 8.49. The van der Waals surface area contributed by atoms with Gasteiger partial charge in [0.2, 0.25) is 5.91 Å². The van der Waals surface area contributed by atoms with Gasteiger partial charge in [-0.3, -0.25) is 14.3 Å². The molecule has 1 atom stereocenters. The molecule has 0 bridgehead atoms. The highest BCUT2D eigenvalue weighted by Gasteiger charge is 2.31. The first-order valence-corrected chi connectivity index (χ1v) is 12.5. The molecule has 3 heterocycles. The predicted molar refractivity (Wildman–Crippen MR) is 137 cm³/mol. The molecular weight excluding hydrogens is 458 g/mol. The van der Waals surface area contributed by atoms with Crippen LogP contribution in [0.1, 0.15) is 21.9 Å². The van der Waals surface area contributed by atoms with Crippen LogP contribution in [-0.2, 0) is 9.53 Å². The zero-order valence-corrected chi connectivity index (χ0v) is 20.6. The van der Waals surface area contributed by atoms with Crippen LogP contribution in [0.4, 0.5) is 0 Å². The Morgan fingerprint density at radius 1 is 0.943 bits per heavy atom. The van der Waals surface area contributed by atoms with Gasteiger partial charge in [0, 0.05) is 31.0 Å². The van der Waals surface area contributed by atoms with Gasteiger partial charge in [0.1, 0.15) is 5.25 Å². The van der Waals surface area contributed by atoms with Crippen molar-refractivity contribution in [3.63, 3.8) is 0 Å². The number of morpholine rings is 1. The average molecular weight is 486 g/mol. The Morgan fingerprint density at radius 2 is 1.69 bits per heavy atom. The van der Waals surface area contributed by atoms with Gasteiger partial charge < -0.3 is 9.64 Å². The van der Waals surface area contributed by atoms with Crippen molar-refractivity contribution in [1.29, 1.82) is 0 Å². The van der Waals surface area contributed by atoms with E-state index in [1.54, 1.807) is 12.4 Å². The first-order valence-electron chi connectivity index (χ1n) is 11.6. The van der Waals surface area contributed by atoms with Crippen molar-refractivity contribution in [3.05, 3.63) is 89.7 Å². The lowest BCUT2D eigenvalue weighted by Crippen LogP contribution is -2.42. The smallest absolute Gasteiger partial charge is 0.240 e. The van der Waals surface area contributed by atoms with E-state index >= 15 is 0 Å². The van der Waals surface area contributed by atoms with Crippen molar-refractivity contribution in [3.8, 4) is 17.1 Å². The Kier molecular flexibility index (Phi) is 6.92. The summed E-state index contributed by atoms with van der Waals surface area (Å²) in [6, 6.07) is 20.0. The van der Waals surface area contributed by atoms with Crippen LogP contribution in [0.2, 0.25) is 0 Å². The van der Waals surface area contributed by atoms with Crippen LogP contribution in [0, 0.1) is 13.8 Å². The van der Waals surface area contributed by atoms with Gasteiger partial charge in [0.25, 0.3) is 0 Å². The zero-order chi connectivity index (χ0) is 24.2. The third-order valence-corrected chi connectivity index (χ3v) is 7.38. The summed E-state index contributed by atoms with van der Waals surface area (Å²) in [4.78, 5) is 19.7. The molecule has 0 aliphatic carbocycles. The Morgan fingerprint density at radius 3 is 2.40 bits per heavy atom. The summed E-state index contributed by atoms with van der Waals surface area (Å²) in [5.74, 6) is 0.772. The van der Waals surface area contributed by atoms with E-state index in [0.29, 0.717) is 37.3 Å². The van der Waals surface area contributed by atoms with Crippen molar-refractivity contribution < 1.29 is 9.53 Å². The number of aromatic nitrogens is 4. The highest BCUT2D eigenvalue weighted by molar-refractivity contribution is 8.00. The molecule has 2 aromatic carbocycles. The van der Waals surface area contributed by atoms with E-state index in [-0.39, 0.29) is 5.91 Å². The summed E-state index contributed by atoms with van der Waals surface area (Å²) < 4.78 is 7.51. The van der Waals surface area contributed by atoms with Crippen molar-refractivity contribution >= 4 is 17.7 Å². The van der Waals surface area contributed by atoms with E-state index in [4.69, 9.17) is 4.74 Å². The fourth-order valence-electron chi connectivity index (χ4n) is 4.08. The number of hydrogen-bond donors (Lipinski definition) is 0. The molecule has 4 aromatic rings. The first kappa shape index (κ1) is 23.3. The maximum absolute atomic E-state index is 13.7. The van der Waals surface area contributed by atoms with Crippen molar-refractivity contribution in [2.75, 3.05) is 26.3 Å². The number of aryl methyl sites for hydroxylation is 2. The van der Waals surface area contributed by atoms with Crippen LogP contribution in [0.15, 0.2) is 78.2 Å². The summed E-state index contributed by atoms with van der Waals surface area (Å²) >= 11 is 1.43. The molecule has 0 radical (unpaired) electrons. The van der Waals surface area contributed by atoms with Crippen molar-refractivity contribution in [2.45, 2.75) is 24.3 Å². The van der Waals surface area contributed by atoms with Gasteiger partial charge in [-0.05, 0) is 54.8 Å². The van der Waals surface area contributed by atoms with Gasteiger partial charge >= 0.3 is 0 Å². The molecule has 2 aromatic heterocycles. The van der Waals surface area contributed by atoms with Gasteiger partial charge in [-0.1, -0.05) is 48.2 Å². The molecular formula is C27H27N5O2S. The maximum Gasteiger partial charge on any atom is 0.240 e. The number of rotatable bonds is 6. The molecule has 1 unspecified atom stereocenters. The van der Waals surface area contributed by atoms with Gasteiger partial charge in [0.05, 0.1) is 18.9 Å². The van der Waals surface area contributed by atoms with E-state index in [1.807, 2.05) is 51.9 Å². The third-order valence-electron chi connectivity index (χ3n) is 6.19. The molecule has 5 rings (SSSR count). The third kappa shape index (κ3) is 4.99. The normalized spacial score (nSPS) is 14.6. The fraction of sp³-hybridized carbons (Fsp3) is 0.259. The molecule has 0 N–H and O–H groups in total. The second kappa shape index (κ2) is 10.4. The second-order valence-corrected chi connectivity index (χ2v) is 9.56. The highest BCUT2D eigenvalue weighted by atomic mass is 32.2. The molecule has 0 spiro atoms. The zero-order valence-electron chi connectivity index (χ0n) is 19.8. The topological polar surface area (TPSA) is 73.1 Å². The Labute approximate surface area is 209 Å². The van der Waals surface area contributed by atoms with Gasteiger partial charge in [-0.25, -0.2) is 0 Å². The molecule has 0 saturated carbocycles. The van der Waals surface area contributed by atoms with Crippen molar-refractivity contribution in [2.24, 2.45) is 0 Å². The van der Waals surface area contributed by atoms with Crippen LogP contribution in [0.5, 0.6) is 0 Å². The molecule has 1 aliphatic heterocycles. The summed E-state index contributed by atoms with van der Waals surface area (Å²) in [6.45, 7) is 6.49. The minimum atomic E-state index is -0.450. The van der Waals surface area contributed by atoms with E-state index < -0.39 is 5.25 Å². The van der Waals surface area contributed by atoms with Crippen LogP contribution >= 0.6 is 11.8 Å². The maximum atomic E-state index is 13.7. The number of ether oxygens (including phenoxy) is 1. The molecule has 178 valence electrons. The molecule has 1 saturated heterocycles. The Hall–Kier alpha value is -3.49. The van der Waals surface area contributed by atoms with Gasteiger partial charge in [-0.2, -0.15) is 0 Å². The minimum Gasteiger partial charge on any atom is -0.378 e. The number of carbonyl (C=O) groups excluding carboxylic acids is 1. The minimum absolute atomic E-state index is 0.0598. The largest absolute Gasteiger partial charge is 0.378 e. The molecule has 1 fully saturated rings. The quantitative estimate of drug-likeness (QED) is 0.371. The number of thioether (sulfide) groups is 1. The molecule has 35 heavy (non-hydrogen) atoms. The lowest BCUT2D eigenvalue weighted by Gasteiger charge is -2.30. The molecule has 1 amide bonds. The number of pyridine rings is 1. The number of nitrogens with zero attached hydrogens (tertiary/aromatic N) is 5. The summed E-state index contributed by atoms with van der Waals surface area (Å²) in [5, 5.41) is 9.34. The predicted octanol–water partition coefficient (Wildman–Crippen LogP) is 4.64. The summed E-state index contributed by atoms with van der Waals surface area (Å²) in [6.07, 6.45) is 3.49. The SMILES string of the molecule is Cc1ccc(-n2c(SC(C(=O)N3CCOCC3)c3ccccc3)nnc2-c2ccncc2)cc1C. The standard InChI is InChI=1S/C27H27N5O2S/c1-19-8-9-23(18-20(19)2)32-25(22-10-12-28-13-11-22)29-30-27(32)35-24(21-6-4-3-5-7-21)26(33)31-14-16-34-17-15-31/h3-13,18,24H,14-17H2,1-2H3. The highest BCUT2D eigenvalue weighted by Crippen LogP contribution is 2.39. The number of benzene rings is 2. The number of amides is 1. The van der Waals surface area contributed by atoms with Gasteiger partial charge in [-0.15, -0.1) is 10.2 Å². The van der Waals surface area contributed by atoms with E-state index in [0.717, 1.165) is 16.8 Å².